The normalized spacial score (nSPS) is 11.8. The Kier molecular flexibility index (Phi) is 4.51. The van der Waals surface area contributed by atoms with Crippen molar-refractivity contribution in [1.82, 2.24) is 4.98 Å². The molecule has 0 aliphatic rings. The van der Waals surface area contributed by atoms with Gasteiger partial charge in [-0.1, -0.05) is 19.1 Å². The number of hydrogen-bond acceptors (Lipinski definition) is 3. The maximum Gasteiger partial charge on any atom is 0.354 e. The number of aromatic carboxylic acids is 1. The van der Waals surface area contributed by atoms with Crippen LogP contribution in [0, 0.1) is 0 Å². The zero-order chi connectivity index (χ0) is 12.0. The van der Waals surface area contributed by atoms with Crippen LogP contribution < -0.4 is 5.32 Å². The van der Waals surface area contributed by atoms with E-state index in [0.29, 0.717) is 5.82 Å². The zero-order valence-corrected chi connectivity index (χ0v) is 9.31. The Morgan fingerprint density at radius 3 is 3.00 bits per heavy atom. The highest BCUT2D eigenvalue weighted by Gasteiger charge is 2.08. The molecular formula is C12H16N2O2. The van der Waals surface area contributed by atoms with Crippen LogP contribution in [0.1, 0.15) is 30.3 Å². The van der Waals surface area contributed by atoms with Crippen molar-refractivity contribution in [2.75, 3.05) is 5.32 Å². The molecule has 0 radical (unpaired) electrons. The second-order valence-electron chi connectivity index (χ2n) is 3.49. The van der Waals surface area contributed by atoms with Gasteiger partial charge in [-0.05, 0) is 25.0 Å². The molecule has 1 unspecified atom stereocenters. The summed E-state index contributed by atoms with van der Waals surface area (Å²) in [5, 5.41) is 12.0. The van der Waals surface area contributed by atoms with Crippen molar-refractivity contribution in [1.29, 1.82) is 0 Å². The molecule has 0 aromatic carbocycles. The lowest BCUT2D eigenvalue weighted by Gasteiger charge is -2.15. The van der Waals surface area contributed by atoms with Crippen LogP contribution in [0.25, 0.3) is 0 Å². The van der Waals surface area contributed by atoms with Crippen molar-refractivity contribution >= 4 is 11.8 Å². The number of carboxylic acids is 1. The Bertz CT molecular complexity index is 377. The van der Waals surface area contributed by atoms with E-state index in [4.69, 9.17) is 5.11 Å². The van der Waals surface area contributed by atoms with Crippen molar-refractivity contribution < 1.29 is 9.90 Å². The van der Waals surface area contributed by atoms with E-state index in [9.17, 15) is 4.79 Å². The van der Waals surface area contributed by atoms with Gasteiger partial charge in [0.2, 0.25) is 0 Å². The molecule has 0 bridgehead atoms. The maximum atomic E-state index is 10.7. The molecular weight excluding hydrogens is 204 g/mol. The van der Waals surface area contributed by atoms with Gasteiger partial charge in [0.05, 0.1) is 0 Å². The number of anilines is 1. The van der Waals surface area contributed by atoms with Crippen LogP contribution in [0.4, 0.5) is 5.82 Å². The Morgan fingerprint density at radius 2 is 2.44 bits per heavy atom. The molecule has 0 fully saturated rings. The van der Waals surface area contributed by atoms with Crippen molar-refractivity contribution in [3.8, 4) is 0 Å². The van der Waals surface area contributed by atoms with Crippen LogP contribution in [-0.2, 0) is 0 Å². The zero-order valence-electron chi connectivity index (χ0n) is 9.31. The van der Waals surface area contributed by atoms with Gasteiger partial charge in [0.15, 0.2) is 5.69 Å². The molecule has 4 heteroatoms. The number of carboxylic acid groups (broad SMARTS) is 1. The predicted molar refractivity (Wildman–Crippen MR) is 63.7 cm³/mol. The summed E-state index contributed by atoms with van der Waals surface area (Å²) in [5.41, 5.74) is 0.0541. The number of carbonyl (C=O) groups is 1. The van der Waals surface area contributed by atoms with Crippen molar-refractivity contribution in [3.63, 3.8) is 0 Å². The molecule has 1 atom stereocenters. The van der Waals surface area contributed by atoms with Crippen LogP contribution in [0.2, 0.25) is 0 Å². The topological polar surface area (TPSA) is 62.2 Å². The number of aromatic nitrogens is 1. The van der Waals surface area contributed by atoms with Gasteiger partial charge in [-0.2, -0.15) is 0 Å². The molecule has 0 aliphatic carbocycles. The molecule has 0 saturated heterocycles. The standard InChI is InChI=1S/C12H16N2O2/c1-3-6-9(4-2)13-11-8-5-7-10(14-11)12(15)16/h3,5,7-9H,1,4,6H2,2H3,(H,13,14)(H,15,16). The highest BCUT2D eigenvalue weighted by atomic mass is 16.4. The van der Waals surface area contributed by atoms with Gasteiger partial charge in [-0.15, -0.1) is 6.58 Å². The summed E-state index contributed by atoms with van der Waals surface area (Å²) < 4.78 is 0. The minimum atomic E-state index is -1.01. The lowest BCUT2D eigenvalue weighted by Crippen LogP contribution is -2.18. The maximum absolute atomic E-state index is 10.7. The van der Waals surface area contributed by atoms with Gasteiger partial charge in [-0.25, -0.2) is 9.78 Å². The molecule has 2 N–H and O–H groups in total. The first-order chi connectivity index (χ1) is 7.67. The van der Waals surface area contributed by atoms with E-state index in [1.165, 1.54) is 6.07 Å². The van der Waals surface area contributed by atoms with Gasteiger partial charge in [0, 0.05) is 6.04 Å². The highest BCUT2D eigenvalue weighted by Crippen LogP contribution is 2.10. The number of nitrogens with zero attached hydrogens (tertiary/aromatic N) is 1. The Balaban J connectivity index is 2.75. The van der Waals surface area contributed by atoms with E-state index < -0.39 is 5.97 Å². The molecule has 4 nitrogen and oxygen atoms in total. The van der Waals surface area contributed by atoms with Gasteiger partial charge >= 0.3 is 5.97 Å². The second-order valence-corrected chi connectivity index (χ2v) is 3.49. The van der Waals surface area contributed by atoms with Crippen LogP contribution >= 0.6 is 0 Å². The van der Waals surface area contributed by atoms with Crippen LogP contribution in [0.3, 0.4) is 0 Å². The van der Waals surface area contributed by atoms with Crippen LogP contribution in [0.5, 0.6) is 0 Å². The quantitative estimate of drug-likeness (QED) is 0.723. The monoisotopic (exact) mass is 220 g/mol. The van der Waals surface area contributed by atoms with E-state index in [1.54, 1.807) is 12.1 Å². The summed E-state index contributed by atoms with van der Waals surface area (Å²) in [7, 11) is 0. The molecule has 1 rings (SSSR count). The minimum absolute atomic E-state index is 0.0541. The number of pyridine rings is 1. The van der Waals surface area contributed by atoms with Crippen molar-refractivity contribution in [2.45, 2.75) is 25.8 Å². The van der Waals surface area contributed by atoms with E-state index in [0.717, 1.165) is 12.8 Å². The van der Waals surface area contributed by atoms with Gasteiger partial charge in [0.25, 0.3) is 0 Å². The fourth-order valence-corrected chi connectivity index (χ4v) is 1.37. The third-order valence-electron chi connectivity index (χ3n) is 2.26. The van der Waals surface area contributed by atoms with Gasteiger partial charge in [0.1, 0.15) is 5.82 Å². The lowest BCUT2D eigenvalue weighted by atomic mass is 10.1. The Morgan fingerprint density at radius 1 is 1.69 bits per heavy atom. The van der Waals surface area contributed by atoms with Crippen LogP contribution in [-0.4, -0.2) is 22.1 Å². The minimum Gasteiger partial charge on any atom is -0.477 e. The third-order valence-corrected chi connectivity index (χ3v) is 2.26. The van der Waals surface area contributed by atoms with Gasteiger partial charge in [-0.3, -0.25) is 0 Å². The summed E-state index contributed by atoms with van der Waals surface area (Å²) in [5.74, 6) is -0.422. The summed E-state index contributed by atoms with van der Waals surface area (Å²) >= 11 is 0. The molecule has 16 heavy (non-hydrogen) atoms. The molecule has 0 amide bonds. The molecule has 1 heterocycles. The largest absolute Gasteiger partial charge is 0.477 e. The molecule has 0 aliphatic heterocycles. The fourth-order valence-electron chi connectivity index (χ4n) is 1.37. The SMILES string of the molecule is C=CCC(CC)Nc1cccc(C(=O)O)n1. The first-order valence-corrected chi connectivity index (χ1v) is 5.25. The molecule has 1 aromatic rings. The smallest absolute Gasteiger partial charge is 0.354 e. The molecule has 0 spiro atoms. The highest BCUT2D eigenvalue weighted by molar-refractivity contribution is 5.85. The van der Waals surface area contributed by atoms with Gasteiger partial charge < -0.3 is 10.4 Å². The Labute approximate surface area is 95.0 Å². The molecule has 86 valence electrons. The average Bonchev–Trinajstić information content (AvgIpc) is 2.29. The number of nitrogens with one attached hydrogen (secondary N) is 1. The number of rotatable bonds is 6. The van der Waals surface area contributed by atoms with Crippen molar-refractivity contribution in [2.24, 2.45) is 0 Å². The van der Waals surface area contributed by atoms with E-state index in [1.807, 2.05) is 6.08 Å². The summed E-state index contributed by atoms with van der Waals surface area (Å²) in [6.45, 7) is 5.74. The van der Waals surface area contributed by atoms with E-state index in [-0.39, 0.29) is 11.7 Å². The third kappa shape index (κ3) is 3.38. The van der Waals surface area contributed by atoms with E-state index >= 15 is 0 Å². The first-order valence-electron chi connectivity index (χ1n) is 5.25. The summed E-state index contributed by atoms with van der Waals surface area (Å²) in [6, 6.07) is 5.16. The molecule has 0 saturated carbocycles. The predicted octanol–water partition coefficient (Wildman–Crippen LogP) is 2.55. The fraction of sp³-hybridized carbons (Fsp3) is 0.333. The summed E-state index contributed by atoms with van der Waals surface area (Å²) in [6.07, 6.45) is 3.60. The van der Waals surface area contributed by atoms with Crippen molar-refractivity contribution in [3.05, 3.63) is 36.5 Å². The van der Waals surface area contributed by atoms with E-state index in [2.05, 4.69) is 23.8 Å². The lowest BCUT2D eigenvalue weighted by molar-refractivity contribution is 0.0690. The van der Waals surface area contributed by atoms with Crippen LogP contribution in [0.15, 0.2) is 30.9 Å². The average molecular weight is 220 g/mol. The number of hydrogen-bond donors (Lipinski definition) is 2. The summed E-state index contributed by atoms with van der Waals surface area (Å²) in [4.78, 5) is 14.7. The molecule has 1 aromatic heterocycles. The first kappa shape index (κ1) is 12.2. The Hall–Kier alpha value is -1.84. The second kappa shape index (κ2) is 5.90.